The number of rotatable bonds is 11. The Kier molecular flexibility index (Phi) is 9.80. The predicted octanol–water partition coefficient (Wildman–Crippen LogP) is 5.98. The van der Waals surface area contributed by atoms with E-state index in [0.29, 0.717) is 36.2 Å². The van der Waals surface area contributed by atoms with Gasteiger partial charge < -0.3 is 18.9 Å². The molecule has 7 heteroatoms. The summed E-state index contributed by atoms with van der Waals surface area (Å²) in [5, 5.41) is 0. The van der Waals surface area contributed by atoms with Crippen LogP contribution in [0.5, 0.6) is 23.0 Å². The molecule has 0 radical (unpaired) electrons. The van der Waals surface area contributed by atoms with Gasteiger partial charge in [-0.1, -0.05) is 30.3 Å². The number of methoxy groups -OCH3 is 3. The minimum absolute atomic E-state index is 0.228. The lowest BCUT2D eigenvalue weighted by Crippen LogP contribution is -2.33. The molecule has 0 atom stereocenters. The largest absolute Gasteiger partial charge is 0.493 e. The first-order chi connectivity index (χ1) is 20.1. The smallest absolute Gasteiger partial charge is 0.203 e. The molecule has 0 aromatic heterocycles. The number of carbonyl (C=O) groups is 1. The zero-order chi connectivity index (χ0) is 28.6. The van der Waals surface area contributed by atoms with Crippen LogP contribution in [-0.2, 0) is 19.6 Å². The van der Waals surface area contributed by atoms with Gasteiger partial charge in [-0.05, 0) is 79.7 Å². The highest BCUT2D eigenvalue weighted by atomic mass is 16.5. The van der Waals surface area contributed by atoms with Crippen molar-refractivity contribution in [1.29, 1.82) is 0 Å². The molecule has 3 aromatic carbocycles. The third kappa shape index (κ3) is 7.40. The molecule has 1 fully saturated rings. The quantitative estimate of drug-likeness (QED) is 0.268. The second-order valence-electron chi connectivity index (χ2n) is 11.1. The fourth-order valence-corrected chi connectivity index (χ4v) is 6.00. The van der Waals surface area contributed by atoms with E-state index in [1.54, 1.807) is 21.3 Å². The van der Waals surface area contributed by atoms with Crippen molar-refractivity contribution in [3.05, 3.63) is 82.9 Å². The van der Waals surface area contributed by atoms with E-state index in [1.807, 2.05) is 30.3 Å². The van der Waals surface area contributed by atoms with Crippen molar-refractivity contribution in [2.75, 3.05) is 47.6 Å². The van der Waals surface area contributed by atoms with Crippen LogP contribution >= 0.6 is 0 Å². The summed E-state index contributed by atoms with van der Waals surface area (Å²) in [5.41, 5.74) is 4.33. The van der Waals surface area contributed by atoms with Crippen LogP contribution < -0.4 is 18.9 Å². The molecular formula is C34H42N2O5. The van der Waals surface area contributed by atoms with E-state index in [0.717, 1.165) is 81.0 Å². The lowest BCUT2D eigenvalue weighted by atomic mass is 9.90. The summed E-state index contributed by atoms with van der Waals surface area (Å²) in [4.78, 5) is 18.1. The zero-order valence-electron chi connectivity index (χ0n) is 24.6. The van der Waals surface area contributed by atoms with Crippen molar-refractivity contribution in [1.82, 2.24) is 9.80 Å². The summed E-state index contributed by atoms with van der Waals surface area (Å²) in [7, 11) is 4.92. The maximum Gasteiger partial charge on any atom is 0.203 e. The lowest BCUT2D eigenvalue weighted by molar-refractivity contribution is 0.0961. The average Bonchev–Trinajstić information content (AvgIpc) is 3.21. The summed E-state index contributed by atoms with van der Waals surface area (Å²) in [5.74, 6) is 3.68. The average molecular weight is 559 g/mol. The number of piperidine rings is 1. The van der Waals surface area contributed by atoms with Gasteiger partial charge in [-0.25, -0.2) is 0 Å². The molecule has 3 aromatic rings. The van der Waals surface area contributed by atoms with Crippen LogP contribution in [0.15, 0.2) is 60.7 Å². The first kappa shape index (κ1) is 29.0. The van der Waals surface area contributed by atoms with E-state index in [1.165, 1.54) is 5.56 Å². The van der Waals surface area contributed by atoms with Crippen LogP contribution in [0.25, 0.3) is 0 Å². The molecule has 2 heterocycles. The molecule has 0 saturated carbocycles. The van der Waals surface area contributed by atoms with E-state index in [9.17, 15) is 4.79 Å². The standard InChI is InChI=1S/C34H42N2O5/c1-38-32-19-27(20-33(39-2)34(32)40-3)23-35-15-13-25(14-16-35)9-11-30(37)28-10-12-31-29(21-28)24-36(17-18-41-31)22-26-7-5-4-6-8-26/h4-8,10,12,19-21,25H,9,11,13-18,22-24H2,1-3H3. The SMILES string of the molecule is COc1cc(CN2CCC(CCC(=O)c3ccc4c(c3)CN(Cc3ccccc3)CCO4)CC2)cc(OC)c1OC. The fraction of sp³-hybridized carbons (Fsp3) is 0.441. The van der Waals surface area contributed by atoms with Gasteiger partial charge in [-0.15, -0.1) is 0 Å². The number of carbonyl (C=O) groups excluding carboxylic acids is 1. The van der Waals surface area contributed by atoms with Gasteiger partial charge in [0.25, 0.3) is 0 Å². The Morgan fingerprint density at radius 1 is 0.829 bits per heavy atom. The topological polar surface area (TPSA) is 60.5 Å². The maximum atomic E-state index is 13.2. The highest BCUT2D eigenvalue weighted by molar-refractivity contribution is 5.96. The molecule has 5 rings (SSSR count). The molecule has 0 aliphatic carbocycles. The molecular weight excluding hydrogens is 516 g/mol. The van der Waals surface area contributed by atoms with Gasteiger partial charge in [0.05, 0.1) is 21.3 Å². The molecule has 1 saturated heterocycles. The lowest BCUT2D eigenvalue weighted by Gasteiger charge is -2.32. The Labute approximate surface area is 244 Å². The maximum absolute atomic E-state index is 13.2. The number of hydrogen-bond acceptors (Lipinski definition) is 7. The van der Waals surface area contributed by atoms with E-state index in [-0.39, 0.29) is 5.78 Å². The van der Waals surface area contributed by atoms with E-state index in [4.69, 9.17) is 18.9 Å². The number of hydrogen-bond donors (Lipinski definition) is 0. The monoisotopic (exact) mass is 558 g/mol. The fourth-order valence-electron chi connectivity index (χ4n) is 6.00. The van der Waals surface area contributed by atoms with Crippen molar-refractivity contribution in [3.63, 3.8) is 0 Å². The van der Waals surface area contributed by atoms with Crippen LogP contribution in [0.2, 0.25) is 0 Å². The van der Waals surface area contributed by atoms with Crippen LogP contribution in [-0.4, -0.2) is 63.2 Å². The Bertz CT molecular complexity index is 1280. The van der Waals surface area contributed by atoms with Crippen LogP contribution in [0.4, 0.5) is 0 Å². The minimum Gasteiger partial charge on any atom is -0.493 e. The van der Waals surface area contributed by atoms with Gasteiger partial charge in [0.15, 0.2) is 17.3 Å². The van der Waals surface area contributed by atoms with E-state index < -0.39 is 0 Å². The summed E-state index contributed by atoms with van der Waals surface area (Å²) >= 11 is 0. The summed E-state index contributed by atoms with van der Waals surface area (Å²) in [6.07, 6.45) is 3.73. The van der Waals surface area contributed by atoms with Crippen LogP contribution in [0.1, 0.15) is 52.7 Å². The highest BCUT2D eigenvalue weighted by Crippen LogP contribution is 2.39. The Balaban J connectivity index is 1.12. The summed E-state index contributed by atoms with van der Waals surface area (Å²) in [6.45, 7) is 6.05. The number of Topliss-reactive ketones (excluding diaryl/α,β-unsaturated/α-hetero) is 1. The van der Waals surface area contributed by atoms with E-state index in [2.05, 4.69) is 40.1 Å². The Morgan fingerprint density at radius 3 is 2.22 bits per heavy atom. The second kappa shape index (κ2) is 13.9. The number of ether oxygens (including phenoxy) is 4. The molecule has 41 heavy (non-hydrogen) atoms. The third-order valence-corrected chi connectivity index (χ3v) is 8.31. The molecule has 7 nitrogen and oxygen atoms in total. The van der Waals surface area contributed by atoms with Crippen LogP contribution in [0.3, 0.4) is 0 Å². The first-order valence-electron chi connectivity index (χ1n) is 14.6. The normalized spacial score (nSPS) is 16.4. The number of benzene rings is 3. The zero-order valence-corrected chi connectivity index (χ0v) is 24.6. The van der Waals surface area contributed by atoms with Gasteiger partial charge >= 0.3 is 0 Å². The predicted molar refractivity (Wildman–Crippen MR) is 160 cm³/mol. The van der Waals surface area contributed by atoms with Crippen molar-refractivity contribution >= 4 is 5.78 Å². The van der Waals surface area contributed by atoms with Crippen molar-refractivity contribution < 1.29 is 23.7 Å². The molecule has 0 unspecified atom stereocenters. The van der Waals surface area contributed by atoms with E-state index >= 15 is 0 Å². The first-order valence-corrected chi connectivity index (χ1v) is 14.6. The molecule has 2 aliphatic rings. The van der Waals surface area contributed by atoms with Gasteiger partial charge in [0.1, 0.15) is 12.4 Å². The van der Waals surface area contributed by atoms with Crippen molar-refractivity contribution in [2.45, 2.75) is 45.3 Å². The summed E-state index contributed by atoms with van der Waals surface area (Å²) in [6, 6.07) is 20.5. The molecule has 218 valence electrons. The van der Waals surface area contributed by atoms with Gasteiger partial charge in [-0.3, -0.25) is 14.6 Å². The van der Waals surface area contributed by atoms with Crippen LogP contribution in [0, 0.1) is 5.92 Å². The molecule has 0 amide bonds. The number of fused-ring (bicyclic) bond motifs is 1. The minimum atomic E-state index is 0.228. The third-order valence-electron chi connectivity index (χ3n) is 8.31. The Hall–Kier alpha value is -3.55. The summed E-state index contributed by atoms with van der Waals surface area (Å²) < 4.78 is 22.5. The number of nitrogens with zero attached hydrogens (tertiary/aromatic N) is 2. The number of ketones is 1. The molecule has 0 spiro atoms. The van der Waals surface area contributed by atoms with Gasteiger partial charge in [-0.2, -0.15) is 0 Å². The number of likely N-dealkylation sites (tertiary alicyclic amines) is 1. The highest BCUT2D eigenvalue weighted by Gasteiger charge is 2.23. The Morgan fingerprint density at radius 2 is 1.54 bits per heavy atom. The van der Waals surface area contributed by atoms with Crippen molar-refractivity contribution in [2.24, 2.45) is 5.92 Å². The second-order valence-corrected chi connectivity index (χ2v) is 11.1. The molecule has 0 N–H and O–H groups in total. The van der Waals surface area contributed by atoms with Gasteiger partial charge in [0.2, 0.25) is 5.75 Å². The molecule has 2 aliphatic heterocycles. The van der Waals surface area contributed by atoms with Gasteiger partial charge in [0, 0.05) is 43.7 Å². The van der Waals surface area contributed by atoms with Crippen molar-refractivity contribution in [3.8, 4) is 23.0 Å². The molecule has 0 bridgehead atoms.